The maximum Gasteiger partial charge on any atom is 0.317 e. The van der Waals surface area contributed by atoms with Gasteiger partial charge in [-0.1, -0.05) is 30.3 Å². The van der Waals surface area contributed by atoms with Gasteiger partial charge >= 0.3 is 6.03 Å². The van der Waals surface area contributed by atoms with Crippen LogP contribution in [0.3, 0.4) is 0 Å². The van der Waals surface area contributed by atoms with Crippen molar-refractivity contribution in [3.05, 3.63) is 71.7 Å². The quantitative estimate of drug-likeness (QED) is 0.717. The van der Waals surface area contributed by atoms with Crippen molar-refractivity contribution >= 4 is 11.7 Å². The Morgan fingerprint density at radius 3 is 2.64 bits per heavy atom. The summed E-state index contributed by atoms with van der Waals surface area (Å²) in [6, 6.07) is 14.2. The van der Waals surface area contributed by atoms with Crippen molar-refractivity contribution in [1.29, 1.82) is 0 Å². The van der Waals surface area contributed by atoms with Crippen molar-refractivity contribution < 1.29 is 4.79 Å². The molecule has 1 N–H and O–H groups in total. The fraction of sp³-hybridized carbons (Fsp3) is 0.364. The van der Waals surface area contributed by atoms with Gasteiger partial charge in [0.05, 0.1) is 12.2 Å². The molecule has 1 saturated heterocycles. The van der Waals surface area contributed by atoms with Gasteiger partial charge in [0.15, 0.2) is 0 Å². The molecule has 6 heteroatoms. The fourth-order valence-electron chi connectivity index (χ4n) is 3.75. The number of nitrogens with one attached hydrogen (secondary N) is 1. The van der Waals surface area contributed by atoms with Gasteiger partial charge in [-0.15, -0.1) is 0 Å². The third kappa shape index (κ3) is 4.34. The number of nitrogens with zero attached hydrogens (tertiary/aromatic N) is 4. The van der Waals surface area contributed by atoms with E-state index in [2.05, 4.69) is 33.4 Å². The average molecular weight is 377 g/mol. The van der Waals surface area contributed by atoms with Crippen LogP contribution in [-0.2, 0) is 19.6 Å². The van der Waals surface area contributed by atoms with Crippen molar-refractivity contribution in [3.63, 3.8) is 0 Å². The third-order valence-corrected chi connectivity index (χ3v) is 5.30. The second kappa shape index (κ2) is 8.44. The zero-order chi connectivity index (χ0) is 19.3. The standard InChI is InChI=1S/C22H27N5O/c1-25(15-18-8-2-3-9-19(18)16-26-11-6-7-12-26)22(28)23-14-20-17-27-13-5-4-10-21(27)24-20/h2-5,8-10,13,17H,6-7,11-12,14-16H2,1H3,(H,23,28). The number of aromatic nitrogens is 2. The summed E-state index contributed by atoms with van der Waals surface area (Å²) >= 11 is 0. The molecule has 0 saturated carbocycles. The Kier molecular flexibility index (Phi) is 5.58. The second-order valence-corrected chi connectivity index (χ2v) is 7.47. The van der Waals surface area contributed by atoms with Crippen molar-refractivity contribution in [1.82, 2.24) is 24.5 Å². The lowest BCUT2D eigenvalue weighted by Crippen LogP contribution is -2.36. The predicted octanol–water partition coefficient (Wildman–Crippen LogP) is 3.27. The number of imidazole rings is 1. The molecular formula is C22H27N5O. The van der Waals surface area contributed by atoms with E-state index in [9.17, 15) is 4.79 Å². The third-order valence-electron chi connectivity index (χ3n) is 5.30. The number of likely N-dealkylation sites (tertiary alicyclic amines) is 1. The molecule has 0 spiro atoms. The number of hydrogen-bond acceptors (Lipinski definition) is 3. The van der Waals surface area contributed by atoms with E-state index in [1.165, 1.54) is 37.1 Å². The van der Waals surface area contributed by atoms with Crippen LogP contribution >= 0.6 is 0 Å². The van der Waals surface area contributed by atoms with Gasteiger partial charge in [0.1, 0.15) is 5.65 Å². The van der Waals surface area contributed by atoms with Crippen LogP contribution in [0.15, 0.2) is 54.9 Å². The van der Waals surface area contributed by atoms with E-state index in [1.807, 2.05) is 48.1 Å². The minimum absolute atomic E-state index is 0.0898. The van der Waals surface area contributed by atoms with E-state index in [4.69, 9.17) is 0 Å². The molecule has 1 aliphatic heterocycles. The summed E-state index contributed by atoms with van der Waals surface area (Å²) < 4.78 is 1.96. The molecule has 4 rings (SSSR count). The van der Waals surface area contributed by atoms with Crippen LogP contribution < -0.4 is 5.32 Å². The minimum atomic E-state index is -0.0898. The Labute approximate surface area is 165 Å². The molecule has 0 radical (unpaired) electrons. The number of carbonyl (C=O) groups excluding carboxylic acids is 1. The number of carbonyl (C=O) groups is 1. The molecule has 1 fully saturated rings. The van der Waals surface area contributed by atoms with E-state index >= 15 is 0 Å². The molecule has 3 aromatic rings. The van der Waals surface area contributed by atoms with Crippen molar-refractivity contribution in [3.8, 4) is 0 Å². The van der Waals surface area contributed by atoms with Gasteiger partial charge in [-0.25, -0.2) is 9.78 Å². The Balaban J connectivity index is 1.35. The zero-order valence-corrected chi connectivity index (χ0v) is 16.3. The smallest absolute Gasteiger partial charge is 0.317 e. The molecule has 1 aliphatic rings. The van der Waals surface area contributed by atoms with Crippen molar-refractivity contribution in [2.75, 3.05) is 20.1 Å². The highest BCUT2D eigenvalue weighted by Gasteiger charge is 2.16. The first-order valence-corrected chi connectivity index (χ1v) is 9.90. The average Bonchev–Trinajstić information content (AvgIpc) is 3.36. The summed E-state index contributed by atoms with van der Waals surface area (Å²) in [5, 5.41) is 2.97. The van der Waals surface area contributed by atoms with E-state index in [0.29, 0.717) is 13.1 Å². The normalized spacial score (nSPS) is 14.5. The molecule has 0 bridgehead atoms. The maximum absolute atomic E-state index is 12.6. The summed E-state index contributed by atoms with van der Waals surface area (Å²) in [6.45, 7) is 4.32. The molecule has 2 aromatic heterocycles. The molecule has 0 atom stereocenters. The monoisotopic (exact) mass is 377 g/mol. The lowest BCUT2D eigenvalue weighted by molar-refractivity contribution is 0.206. The number of rotatable bonds is 6. The first kappa shape index (κ1) is 18.5. The van der Waals surface area contributed by atoms with Gasteiger partial charge in [0.2, 0.25) is 0 Å². The van der Waals surface area contributed by atoms with Gasteiger partial charge in [-0.05, 0) is 49.2 Å². The highest BCUT2D eigenvalue weighted by molar-refractivity contribution is 5.73. The predicted molar refractivity (Wildman–Crippen MR) is 110 cm³/mol. The number of benzene rings is 1. The summed E-state index contributed by atoms with van der Waals surface area (Å²) in [5.74, 6) is 0. The molecule has 0 aliphatic carbocycles. The van der Waals surface area contributed by atoms with Crippen LogP contribution in [0.25, 0.3) is 5.65 Å². The van der Waals surface area contributed by atoms with E-state index < -0.39 is 0 Å². The van der Waals surface area contributed by atoms with E-state index in [0.717, 1.165) is 17.9 Å². The number of fused-ring (bicyclic) bond motifs is 1. The minimum Gasteiger partial charge on any atom is -0.332 e. The number of hydrogen-bond donors (Lipinski definition) is 1. The van der Waals surface area contributed by atoms with E-state index in [1.54, 1.807) is 4.90 Å². The maximum atomic E-state index is 12.6. The van der Waals surface area contributed by atoms with Crippen LogP contribution in [0, 0.1) is 0 Å². The second-order valence-electron chi connectivity index (χ2n) is 7.47. The molecule has 0 unspecified atom stereocenters. The van der Waals surface area contributed by atoms with Crippen LogP contribution in [0.1, 0.15) is 29.7 Å². The lowest BCUT2D eigenvalue weighted by atomic mass is 10.1. The molecule has 3 heterocycles. The largest absolute Gasteiger partial charge is 0.332 e. The van der Waals surface area contributed by atoms with Crippen LogP contribution in [0.5, 0.6) is 0 Å². The van der Waals surface area contributed by atoms with Crippen LogP contribution in [0.4, 0.5) is 4.79 Å². The highest BCUT2D eigenvalue weighted by atomic mass is 16.2. The first-order valence-electron chi connectivity index (χ1n) is 9.90. The Hall–Kier alpha value is -2.86. The lowest BCUT2D eigenvalue weighted by Gasteiger charge is -2.22. The Morgan fingerprint density at radius 2 is 1.86 bits per heavy atom. The molecule has 2 amide bonds. The van der Waals surface area contributed by atoms with Gasteiger partial charge in [-0.2, -0.15) is 0 Å². The van der Waals surface area contributed by atoms with Gasteiger partial charge in [0.25, 0.3) is 0 Å². The molecule has 146 valence electrons. The number of urea groups is 1. The van der Waals surface area contributed by atoms with Crippen molar-refractivity contribution in [2.45, 2.75) is 32.5 Å². The highest BCUT2D eigenvalue weighted by Crippen LogP contribution is 2.17. The van der Waals surface area contributed by atoms with Crippen LogP contribution in [0.2, 0.25) is 0 Å². The summed E-state index contributed by atoms with van der Waals surface area (Å²) in [6.07, 6.45) is 6.47. The van der Waals surface area contributed by atoms with E-state index in [-0.39, 0.29) is 6.03 Å². The number of pyridine rings is 1. The molecule has 6 nitrogen and oxygen atoms in total. The number of amides is 2. The molecular weight excluding hydrogens is 350 g/mol. The first-order chi connectivity index (χ1) is 13.7. The fourth-order valence-corrected chi connectivity index (χ4v) is 3.75. The zero-order valence-electron chi connectivity index (χ0n) is 16.3. The molecule has 1 aromatic carbocycles. The Morgan fingerprint density at radius 1 is 1.11 bits per heavy atom. The molecule has 28 heavy (non-hydrogen) atoms. The van der Waals surface area contributed by atoms with Gasteiger partial charge < -0.3 is 14.6 Å². The van der Waals surface area contributed by atoms with Gasteiger partial charge in [-0.3, -0.25) is 4.90 Å². The Bertz CT molecular complexity index is 912. The summed E-state index contributed by atoms with van der Waals surface area (Å²) in [4.78, 5) is 21.3. The van der Waals surface area contributed by atoms with Crippen LogP contribution in [-0.4, -0.2) is 45.4 Å². The van der Waals surface area contributed by atoms with Gasteiger partial charge in [0, 0.05) is 32.5 Å². The van der Waals surface area contributed by atoms with Crippen molar-refractivity contribution in [2.24, 2.45) is 0 Å². The summed E-state index contributed by atoms with van der Waals surface area (Å²) in [7, 11) is 1.84. The topological polar surface area (TPSA) is 52.9 Å². The SMILES string of the molecule is CN(Cc1ccccc1CN1CCCC1)C(=O)NCc1cn2ccccc2n1. The summed E-state index contributed by atoms with van der Waals surface area (Å²) in [5.41, 5.74) is 4.25.